The lowest BCUT2D eigenvalue weighted by Gasteiger charge is -2.37. The number of imide groups is 1. The highest BCUT2D eigenvalue weighted by Crippen LogP contribution is 2.36. The van der Waals surface area contributed by atoms with E-state index < -0.39 is 5.41 Å². The third-order valence-corrected chi connectivity index (χ3v) is 3.63. The summed E-state index contributed by atoms with van der Waals surface area (Å²) in [6.07, 6.45) is 0.0248. The first kappa shape index (κ1) is 13.3. The number of amides is 3. The third-order valence-electron chi connectivity index (χ3n) is 3.63. The predicted molar refractivity (Wildman–Crippen MR) is 69.6 cm³/mol. The van der Waals surface area contributed by atoms with Gasteiger partial charge < -0.3 is 5.32 Å². The molecule has 1 heterocycles. The van der Waals surface area contributed by atoms with E-state index in [1.165, 1.54) is 14.1 Å². The van der Waals surface area contributed by atoms with Gasteiger partial charge >= 0.3 is 0 Å². The van der Waals surface area contributed by atoms with Crippen molar-refractivity contribution in [2.45, 2.75) is 18.8 Å². The fraction of sp³-hybridized carbons (Fsp3) is 0.357. The second-order valence-electron chi connectivity index (χ2n) is 4.90. The maximum Gasteiger partial charge on any atom is 0.260 e. The molecule has 5 nitrogen and oxygen atoms in total. The smallest absolute Gasteiger partial charge is 0.260 e. The minimum absolute atomic E-state index is 0.0248. The molecule has 1 aromatic rings. The Balaban J connectivity index is 2.59. The zero-order valence-corrected chi connectivity index (χ0v) is 11.2. The highest BCUT2D eigenvalue weighted by Gasteiger charge is 2.46. The summed E-state index contributed by atoms with van der Waals surface area (Å²) in [5, 5.41) is 2.52. The number of carbonyl (C=O) groups is 3. The number of rotatable bonds is 2. The molecule has 1 aliphatic heterocycles. The number of nitrogens with one attached hydrogen (secondary N) is 1. The van der Waals surface area contributed by atoms with Gasteiger partial charge in [0.15, 0.2) is 0 Å². The van der Waals surface area contributed by atoms with Crippen molar-refractivity contribution in [3.63, 3.8) is 0 Å². The summed E-state index contributed by atoms with van der Waals surface area (Å²) in [4.78, 5) is 37.2. The average Bonchev–Trinajstić information content (AvgIpc) is 2.43. The number of likely N-dealkylation sites (N-methyl/N-ethyl adjacent to an activating group) is 1. The zero-order valence-electron chi connectivity index (χ0n) is 11.2. The Kier molecular flexibility index (Phi) is 3.14. The summed E-state index contributed by atoms with van der Waals surface area (Å²) in [6, 6.07) is 6.94. The largest absolute Gasteiger partial charge is 0.359 e. The van der Waals surface area contributed by atoms with E-state index in [0.717, 1.165) is 4.90 Å². The molecular weight excluding hydrogens is 244 g/mol. The Morgan fingerprint density at radius 1 is 1.32 bits per heavy atom. The monoisotopic (exact) mass is 260 g/mol. The van der Waals surface area contributed by atoms with Crippen LogP contribution in [0.25, 0.3) is 0 Å². The third kappa shape index (κ3) is 1.91. The van der Waals surface area contributed by atoms with E-state index in [-0.39, 0.29) is 24.1 Å². The summed E-state index contributed by atoms with van der Waals surface area (Å²) in [5.41, 5.74) is 0.0991. The molecule has 0 bridgehead atoms. The van der Waals surface area contributed by atoms with Crippen LogP contribution in [0.15, 0.2) is 24.3 Å². The van der Waals surface area contributed by atoms with Crippen molar-refractivity contribution in [2.75, 3.05) is 14.1 Å². The van der Waals surface area contributed by atoms with Gasteiger partial charge in [-0.3, -0.25) is 19.3 Å². The van der Waals surface area contributed by atoms with E-state index in [2.05, 4.69) is 5.32 Å². The molecule has 1 unspecified atom stereocenters. The van der Waals surface area contributed by atoms with E-state index in [1.54, 1.807) is 31.2 Å². The van der Waals surface area contributed by atoms with Gasteiger partial charge in [-0.25, -0.2) is 0 Å². The van der Waals surface area contributed by atoms with Crippen LogP contribution in [0.4, 0.5) is 0 Å². The molecule has 2 rings (SSSR count). The Bertz CT molecular complexity index is 568. The Labute approximate surface area is 111 Å². The summed E-state index contributed by atoms with van der Waals surface area (Å²) in [5.74, 6) is -0.900. The Hall–Kier alpha value is -2.17. The van der Waals surface area contributed by atoms with Crippen LogP contribution in [-0.2, 0) is 15.0 Å². The van der Waals surface area contributed by atoms with Crippen LogP contribution in [0.1, 0.15) is 29.3 Å². The number of benzene rings is 1. The summed E-state index contributed by atoms with van der Waals surface area (Å²) >= 11 is 0. The highest BCUT2D eigenvalue weighted by atomic mass is 16.2. The molecule has 5 heteroatoms. The van der Waals surface area contributed by atoms with E-state index >= 15 is 0 Å². The lowest BCUT2D eigenvalue weighted by molar-refractivity contribution is -0.137. The van der Waals surface area contributed by atoms with E-state index in [9.17, 15) is 14.4 Å². The van der Waals surface area contributed by atoms with Crippen LogP contribution in [0.5, 0.6) is 0 Å². The first-order chi connectivity index (χ1) is 8.91. The average molecular weight is 260 g/mol. The van der Waals surface area contributed by atoms with Crippen LogP contribution in [0.2, 0.25) is 0 Å². The van der Waals surface area contributed by atoms with Gasteiger partial charge in [0.25, 0.3) is 5.91 Å². The number of carbonyl (C=O) groups excluding carboxylic acids is 3. The second-order valence-corrected chi connectivity index (χ2v) is 4.90. The molecule has 0 saturated heterocycles. The van der Waals surface area contributed by atoms with Gasteiger partial charge in [-0.2, -0.15) is 0 Å². The van der Waals surface area contributed by atoms with Crippen LogP contribution in [-0.4, -0.2) is 36.7 Å². The first-order valence-electron chi connectivity index (χ1n) is 6.04. The predicted octanol–water partition coefficient (Wildman–Crippen LogP) is 0.693. The van der Waals surface area contributed by atoms with Crippen molar-refractivity contribution in [3.8, 4) is 0 Å². The maximum absolute atomic E-state index is 12.4. The summed E-state index contributed by atoms with van der Waals surface area (Å²) in [6.45, 7) is 1.70. The number of fused-ring (bicyclic) bond motifs is 1. The lowest BCUT2D eigenvalue weighted by Crippen LogP contribution is -2.52. The number of hydrogen-bond acceptors (Lipinski definition) is 3. The molecule has 1 aliphatic rings. The minimum Gasteiger partial charge on any atom is -0.359 e. The minimum atomic E-state index is -1.00. The fourth-order valence-electron chi connectivity index (χ4n) is 2.49. The fourth-order valence-corrected chi connectivity index (χ4v) is 2.49. The van der Waals surface area contributed by atoms with E-state index in [1.807, 2.05) is 0 Å². The van der Waals surface area contributed by atoms with Crippen molar-refractivity contribution < 1.29 is 14.4 Å². The second kappa shape index (κ2) is 4.50. The standard InChI is InChI=1S/C14H16N2O3/c1-14(8-11(17)15-2)10-7-5-4-6-9(10)12(18)16(3)13(14)19/h4-7H,8H2,1-3H3,(H,15,17). The number of hydrogen-bond donors (Lipinski definition) is 1. The van der Waals surface area contributed by atoms with Gasteiger partial charge in [-0.1, -0.05) is 18.2 Å². The van der Waals surface area contributed by atoms with Crippen LogP contribution >= 0.6 is 0 Å². The van der Waals surface area contributed by atoms with Gasteiger partial charge in [-0.15, -0.1) is 0 Å². The molecule has 100 valence electrons. The molecule has 0 saturated carbocycles. The van der Waals surface area contributed by atoms with Gasteiger partial charge in [0.2, 0.25) is 11.8 Å². The SMILES string of the molecule is CNC(=O)CC1(C)C(=O)N(C)C(=O)c2ccccc21. The lowest BCUT2D eigenvalue weighted by atomic mass is 9.73. The topological polar surface area (TPSA) is 66.5 Å². The molecule has 19 heavy (non-hydrogen) atoms. The van der Waals surface area contributed by atoms with E-state index in [0.29, 0.717) is 11.1 Å². The van der Waals surface area contributed by atoms with Crippen molar-refractivity contribution in [1.82, 2.24) is 10.2 Å². The quantitative estimate of drug-likeness (QED) is 0.796. The molecule has 3 amide bonds. The molecule has 0 fully saturated rings. The molecule has 0 aliphatic carbocycles. The highest BCUT2D eigenvalue weighted by molar-refractivity contribution is 6.13. The maximum atomic E-state index is 12.4. The van der Waals surface area contributed by atoms with Crippen LogP contribution in [0, 0.1) is 0 Å². The molecule has 0 radical (unpaired) electrons. The molecule has 1 atom stereocenters. The molecule has 0 spiro atoms. The molecule has 0 aromatic heterocycles. The Morgan fingerprint density at radius 3 is 2.58 bits per heavy atom. The van der Waals surface area contributed by atoms with Gasteiger partial charge in [0, 0.05) is 26.1 Å². The van der Waals surface area contributed by atoms with Crippen molar-refractivity contribution in [1.29, 1.82) is 0 Å². The first-order valence-corrected chi connectivity index (χ1v) is 6.04. The van der Waals surface area contributed by atoms with Gasteiger partial charge in [0.05, 0.1) is 5.41 Å². The normalized spacial score (nSPS) is 22.2. The van der Waals surface area contributed by atoms with Crippen LogP contribution < -0.4 is 5.32 Å². The van der Waals surface area contributed by atoms with Crippen molar-refractivity contribution in [2.24, 2.45) is 0 Å². The summed E-state index contributed by atoms with van der Waals surface area (Å²) < 4.78 is 0. The molecule has 1 aromatic carbocycles. The van der Waals surface area contributed by atoms with E-state index in [4.69, 9.17) is 0 Å². The van der Waals surface area contributed by atoms with Crippen molar-refractivity contribution >= 4 is 17.7 Å². The van der Waals surface area contributed by atoms with Crippen molar-refractivity contribution in [3.05, 3.63) is 35.4 Å². The van der Waals surface area contributed by atoms with Gasteiger partial charge in [0.1, 0.15) is 0 Å². The Morgan fingerprint density at radius 2 is 1.95 bits per heavy atom. The van der Waals surface area contributed by atoms with Crippen LogP contribution in [0.3, 0.4) is 0 Å². The summed E-state index contributed by atoms with van der Waals surface area (Å²) in [7, 11) is 2.97. The zero-order chi connectivity index (χ0) is 14.2. The number of nitrogens with zero attached hydrogens (tertiary/aromatic N) is 1. The molecule has 1 N–H and O–H groups in total. The van der Waals surface area contributed by atoms with Gasteiger partial charge in [-0.05, 0) is 18.6 Å². The molecular formula is C14H16N2O3.